The van der Waals surface area contributed by atoms with E-state index in [0.29, 0.717) is 4.90 Å². The number of carbonyl (C=O) groups is 14. The Morgan fingerprint density at radius 2 is 0.718 bits per heavy atom. The summed E-state index contributed by atoms with van der Waals surface area (Å²) in [6, 6.07) is -0.350. The number of fused-ring (bicyclic) bond motifs is 4. The van der Waals surface area contributed by atoms with Crippen LogP contribution in [-0.4, -0.2) is 270 Å². The summed E-state index contributed by atoms with van der Waals surface area (Å²) in [6.07, 6.45) is -21.6. The van der Waals surface area contributed by atoms with Crippen LogP contribution in [0.3, 0.4) is 0 Å². The number of aromatic nitrogens is 4. The molecule has 4 aromatic heterocycles. The van der Waals surface area contributed by atoms with E-state index >= 15 is 27.2 Å². The van der Waals surface area contributed by atoms with E-state index in [1.54, 1.807) is 20.8 Å². The van der Waals surface area contributed by atoms with Crippen molar-refractivity contribution < 1.29 is 141 Å². The molecule has 33 nitrogen and oxygen atoms in total. The number of carbonyl (C=O) groups excluding carboxylic acids is 14. The Bertz CT molecular complexity index is 6540. The van der Waals surface area contributed by atoms with Crippen LogP contribution in [0.2, 0.25) is 0 Å². The van der Waals surface area contributed by atoms with Crippen molar-refractivity contribution in [3.8, 4) is 22.8 Å². The number of Topliss-reactive ketones (excluding diaryl/α,β-unsaturated/α-hetero) is 2. The Labute approximate surface area is 853 Å². The summed E-state index contributed by atoms with van der Waals surface area (Å²) in [5.74, 6) is -16.2. The van der Waals surface area contributed by atoms with E-state index < -0.39 is 306 Å². The van der Waals surface area contributed by atoms with E-state index in [2.05, 4.69) is 35.9 Å². The smallest absolute Gasteiger partial charge is 0.410 e. The number of hydrogen-bond donors (Lipinski definition) is 7. The summed E-state index contributed by atoms with van der Waals surface area (Å²) in [7, 11) is 0. The molecule has 4 aliphatic rings. The predicted molar refractivity (Wildman–Crippen MR) is 525 cm³/mol. The lowest BCUT2D eigenvalue weighted by atomic mass is 9.93. The van der Waals surface area contributed by atoms with Crippen LogP contribution >= 0.6 is 0 Å². The zero-order valence-electron chi connectivity index (χ0n) is 103. The predicted octanol–water partition coefficient (Wildman–Crippen LogP) is 14.4. The summed E-state index contributed by atoms with van der Waals surface area (Å²) in [5, 5.41) is 7.43. The molecule has 4 aromatic carbocycles. The minimum absolute atomic E-state index is 0.00361. The van der Waals surface area contributed by atoms with Crippen molar-refractivity contribution >= 4 is 127 Å². The first-order valence-corrected chi connectivity index (χ1v) is 47.3. The van der Waals surface area contributed by atoms with Crippen LogP contribution in [0, 0.1) is 41.0 Å². The molecule has 0 aliphatic carbocycles. The molecule has 0 spiro atoms. The topological polar surface area (TPSA) is 413 Å². The fourth-order valence-electron chi connectivity index (χ4n) is 17.9. The minimum Gasteiger partial charge on any atom is -0.461 e. The lowest BCUT2D eigenvalue weighted by Crippen LogP contribution is -2.55. The summed E-state index contributed by atoms with van der Waals surface area (Å²) < 4.78 is 269. The first-order valence-electron chi connectivity index (χ1n) is 57.3. The van der Waals surface area contributed by atoms with Crippen molar-refractivity contribution in [3.05, 3.63) is 118 Å². The second-order valence-electron chi connectivity index (χ2n) is 38.2. The molecule has 8 amide bonds. The highest BCUT2D eigenvalue weighted by molar-refractivity contribution is 6.00. The molecule has 12 rings (SSSR count). The molecular formula is C105H139F4N13O20. The zero-order valence-corrected chi connectivity index (χ0v) is 82.6. The number of rotatable bonds is 36. The van der Waals surface area contributed by atoms with Gasteiger partial charge in [0, 0.05) is 193 Å². The first kappa shape index (κ1) is 83.9. The van der Waals surface area contributed by atoms with Gasteiger partial charge in [0.05, 0.1) is 61.0 Å². The largest absolute Gasteiger partial charge is 0.461 e. The van der Waals surface area contributed by atoms with E-state index in [-0.39, 0.29) is 152 Å². The molecule has 772 valence electrons. The number of likely N-dealkylation sites (N-methyl/N-ethyl adjacent to an activating group) is 3. The normalized spacial score (nSPS) is 22.7. The van der Waals surface area contributed by atoms with E-state index in [9.17, 15) is 68.5 Å². The van der Waals surface area contributed by atoms with Crippen LogP contribution in [0.1, 0.15) is 252 Å². The number of hydrogen-bond acceptors (Lipinski definition) is 21. The van der Waals surface area contributed by atoms with Crippen LogP contribution in [0.4, 0.5) is 27.2 Å². The maximum absolute atomic E-state index is 15.4. The number of halogens is 4. The highest BCUT2D eigenvalue weighted by Gasteiger charge is 2.48. The maximum Gasteiger partial charge on any atom is 0.410 e. The average Bonchev–Trinajstić information content (AvgIpc) is 1.55. The van der Waals surface area contributed by atoms with Crippen LogP contribution in [-0.2, 0) is 111 Å². The second-order valence-corrected chi connectivity index (χ2v) is 38.2. The molecule has 0 radical (unpaired) electrons. The Balaban J connectivity index is 0.000000309. The second kappa shape index (κ2) is 46.6. The van der Waals surface area contributed by atoms with Gasteiger partial charge in [-0.1, -0.05) is 41.5 Å². The number of esters is 4. The van der Waals surface area contributed by atoms with Gasteiger partial charge in [-0.3, -0.25) is 62.4 Å². The maximum atomic E-state index is 15.4. The van der Waals surface area contributed by atoms with Gasteiger partial charge in [0.1, 0.15) is 82.8 Å². The van der Waals surface area contributed by atoms with Crippen molar-refractivity contribution in [1.29, 1.82) is 0 Å². The quantitative estimate of drug-likeness (QED) is 0.0109. The van der Waals surface area contributed by atoms with E-state index in [1.807, 2.05) is 0 Å². The van der Waals surface area contributed by atoms with Crippen molar-refractivity contribution in [2.75, 3.05) is 47.1 Å². The SMILES string of the molecule is [2H]C([2H])([2H])C[C@@H](C)C(=O)N[C@@H](CC)C(=O)N1C[C@@H](OC(C)=O)C[C@H]1C([2H])([2H])c1c(-c2[nH]c3cc(F)ccc3c2C([2H])([2H])[C@@H]2C[C@H](OC(C)=O)CN2C(=O)[C@H](CC)CC(=O)[C@H](C)NC([2H])([2H])[2H])[nH]c2cc(F)ccc12.[2H]C([2H])(c1c(-c2[nH]c3cc(F)ccc3c2C([2H])([2H])[C@@H]2C[C@H](OC(C)=O)CN2C(=O)[C@H](CC)NC(=O)[C@H](C)N(C(=O)OC(C)(C)C)C([2H])([2H])[2H])[nH]c2cc(F)ccc12)[C@@H]1C[C@H](OC(C)=O)CN1C(=O)[C@H](CC)CC(=O)[C@H](C)N(C(=O)OC(C)(C)C)C([2H])([2H])[2H]. The highest BCUT2D eigenvalue weighted by Crippen LogP contribution is 2.45. The third-order valence-electron chi connectivity index (χ3n) is 25.2. The van der Waals surface area contributed by atoms with Gasteiger partial charge in [-0.2, -0.15) is 0 Å². The van der Waals surface area contributed by atoms with Crippen molar-refractivity contribution in [2.24, 2.45) is 17.8 Å². The number of nitrogens with zero attached hydrogens (tertiary/aromatic N) is 6. The molecule has 8 aromatic rings. The molecule has 8 heterocycles. The monoisotopic (exact) mass is 2000 g/mol. The highest BCUT2D eigenvalue weighted by atomic mass is 19.1. The molecule has 37 heteroatoms. The average molecular weight is 2000 g/mol. The van der Waals surface area contributed by atoms with Crippen molar-refractivity contribution in [1.82, 2.24) is 65.3 Å². The molecule has 4 fully saturated rings. The van der Waals surface area contributed by atoms with E-state index in [1.165, 1.54) is 93.5 Å². The lowest BCUT2D eigenvalue weighted by Gasteiger charge is -2.31. The Kier molecular flexibility index (Phi) is 27.5. The summed E-state index contributed by atoms with van der Waals surface area (Å²) in [4.78, 5) is 208. The number of likely N-dealkylation sites (tertiary alicyclic amines) is 4. The Hall–Kier alpha value is -12.7. The molecule has 4 saturated heterocycles. The number of benzene rings is 4. The molecule has 16 atom stereocenters. The van der Waals surface area contributed by atoms with Crippen molar-refractivity contribution in [2.45, 2.75) is 318 Å². The summed E-state index contributed by atoms with van der Waals surface area (Å²) in [5.41, 5.74) is -4.48. The molecule has 7 N–H and O–H groups in total. The third-order valence-corrected chi connectivity index (χ3v) is 25.2. The van der Waals surface area contributed by atoms with E-state index in [0.717, 1.165) is 103 Å². The number of ether oxygens (including phenoxy) is 6. The fourth-order valence-corrected chi connectivity index (χ4v) is 17.9. The zero-order chi connectivity index (χ0) is 122. The first-order chi connectivity index (χ1) is 74.6. The number of nitrogens with one attached hydrogen (secondary N) is 7. The number of aromatic amines is 4. The third kappa shape index (κ3) is 26.4. The molecule has 0 saturated carbocycles. The molecule has 0 unspecified atom stereocenters. The standard InChI is InChI=1S/C57H77F2N7O12.C48H62F2N6O8/c1-15-34(21-48(69)30(3)63(13)54(73)77-56(7,8)9)52(71)65-28-39(75-32(5)67)24-37(65)26-43-41-19-17-35(58)22-46(41)60-49(43)50-44(42-20-18-36(59)23-47(42)61-50)27-38-25-40(76-33(6)68)29-66(38)53(72)45(16-2)62-51(70)31(4)64(14)55(74)78-57(10,11)12;1-9-25(4)46(60)54-40(11-3)48(62)56-24-35(64-28(7)58)20-33(56)22-39-37-15-13-31(50)18-42(37)53-45(39)44-38(36-14-12-30(49)17-41(36)52-44)21-32-19-34(63-27(6)57)23-55(32)47(61)29(10-2)16-43(59)26(5)51-8/h17-20,22-23,30-31,34,37-40,45,60-61H,15-16,21,24-29H2,1-14H3,(H,62,70);12-15,17-18,25-26,29,32-35,40,51-53H,9-11,16,19-24H2,1-8H3,(H,54,60)/t30-,31-,34+,37-,38-,39-,40-,45-;25-,26+,29-,32+,33+,34+,35+,40+/m01/s1/i13D3,14D3,26D2,27D2;1D3,8D3,21D2,22D2. The van der Waals surface area contributed by atoms with Crippen LogP contribution in [0.25, 0.3) is 66.4 Å². The molecular weight excluding hydrogens is 1840 g/mol. The van der Waals surface area contributed by atoms with Gasteiger partial charge in [-0.25, -0.2) is 27.2 Å². The van der Waals surface area contributed by atoms with Gasteiger partial charge in [0.15, 0.2) is 5.78 Å². The summed E-state index contributed by atoms with van der Waals surface area (Å²) >= 11 is 0. The minimum atomic E-state index is -3.21. The van der Waals surface area contributed by atoms with Crippen LogP contribution in [0.5, 0.6) is 0 Å². The summed E-state index contributed by atoms with van der Waals surface area (Å²) in [6.45, 7) is 11.6. The fraction of sp³-hybridized carbons (Fsp3) is 0.562. The van der Waals surface area contributed by atoms with Crippen LogP contribution < -0.4 is 16.0 Å². The van der Waals surface area contributed by atoms with E-state index in [4.69, 9.17) is 44.9 Å². The van der Waals surface area contributed by atoms with Gasteiger partial charge in [0.2, 0.25) is 35.4 Å². The number of ketones is 2. The Morgan fingerprint density at radius 3 is 0.993 bits per heavy atom. The lowest BCUT2D eigenvalue weighted by molar-refractivity contribution is -0.147. The Morgan fingerprint density at radius 1 is 0.423 bits per heavy atom. The van der Waals surface area contributed by atoms with Gasteiger partial charge >= 0.3 is 36.1 Å². The van der Waals surface area contributed by atoms with Gasteiger partial charge < -0.3 is 88.8 Å². The van der Waals surface area contributed by atoms with Gasteiger partial charge in [0.25, 0.3) is 0 Å². The molecule has 142 heavy (non-hydrogen) atoms. The van der Waals surface area contributed by atoms with Crippen molar-refractivity contribution in [3.63, 3.8) is 0 Å². The van der Waals surface area contributed by atoms with Gasteiger partial charge in [-0.15, -0.1) is 0 Å². The van der Waals surface area contributed by atoms with Crippen LogP contribution in [0.15, 0.2) is 72.8 Å². The molecule has 0 bridgehead atoms. The number of H-pyrrole nitrogens is 4. The molecule has 4 aliphatic heterocycles. The number of amides is 8. The van der Waals surface area contributed by atoms with Gasteiger partial charge in [-0.05, 0) is 222 Å².